The topological polar surface area (TPSA) is 51.0 Å². The first-order chi connectivity index (χ1) is 17.8. The van der Waals surface area contributed by atoms with Crippen molar-refractivity contribution >= 4 is 16.7 Å². The van der Waals surface area contributed by atoms with E-state index in [9.17, 15) is 18.0 Å². The fraction of sp³-hybridized carbons (Fsp3) is 0.552. The number of ketones is 1. The number of carbonyl (C=O) groups is 1. The molecule has 0 N–H and O–H groups in total. The number of fused-ring (bicyclic) bond motifs is 2. The molecular weight excluding hydrogens is 477 g/mol. The average Bonchev–Trinajstić information content (AvgIpc) is 3.21. The number of halogens is 3. The van der Waals surface area contributed by atoms with Crippen LogP contribution in [0.1, 0.15) is 72.5 Å². The van der Waals surface area contributed by atoms with E-state index in [1.165, 1.54) is 0 Å². The second kappa shape index (κ2) is 10.9. The zero-order valence-electron chi connectivity index (χ0n) is 21.4. The number of benzene rings is 1. The van der Waals surface area contributed by atoms with E-state index >= 15 is 0 Å². The minimum absolute atomic E-state index is 0.0594. The molecule has 8 heteroatoms. The number of aryl methyl sites for hydroxylation is 1. The summed E-state index contributed by atoms with van der Waals surface area (Å²) in [5.74, 6) is 1.87. The summed E-state index contributed by atoms with van der Waals surface area (Å²) in [6.07, 6.45) is 3.76. The molecule has 1 fully saturated rings. The predicted octanol–water partition coefficient (Wildman–Crippen LogP) is 6.29. The first-order valence-corrected chi connectivity index (χ1v) is 13.5. The monoisotopic (exact) mass is 512 g/mol. The van der Waals surface area contributed by atoms with Gasteiger partial charge >= 0.3 is 6.18 Å². The summed E-state index contributed by atoms with van der Waals surface area (Å²) in [7, 11) is 1.84. The first-order valence-electron chi connectivity index (χ1n) is 13.5. The molecule has 0 radical (unpaired) electrons. The van der Waals surface area contributed by atoms with Crippen LogP contribution < -0.4 is 0 Å². The number of Topliss-reactive ketones (excluding diaryl/α,β-unsaturated/α-hetero) is 1. The van der Waals surface area contributed by atoms with Crippen molar-refractivity contribution in [3.05, 3.63) is 59.3 Å². The molecule has 37 heavy (non-hydrogen) atoms. The van der Waals surface area contributed by atoms with Gasteiger partial charge in [-0.3, -0.25) is 14.7 Å². The van der Waals surface area contributed by atoms with Gasteiger partial charge in [-0.1, -0.05) is 31.0 Å². The van der Waals surface area contributed by atoms with Gasteiger partial charge in [0.2, 0.25) is 0 Å². The van der Waals surface area contributed by atoms with Crippen LogP contribution in [0.3, 0.4) is 0 Å². The molecule has 1 saturated carbocycles. The summed E-state index contributed by atoms with van der Waals surface area (Å²) in [5, 5.41) is 0.939. The van der Waals surface area contributed by atoms with Gasteiger partial charge < -0.3 is 4.57 Å². The maximum atomic E-state index is 13.1. The summed E-state index contributed by atoms with van der Waals surface area (Å²) in [4.78, 5) is 24.4. The molecule has 2 aliphatic rings. The summed E-state index contributed by atoms with van der Waals surface area (Å²) < 4.78 is 39.8. The van der Waals surface area contributed by atoms with Crippen molar-refractivity contribution in [3.63, 3.8) is 0 Å². The van der Waals surface area contributed by atoms with E-state index in [0.29, 0.717) is 24.1 Å². The van der Waals surface area contributed by atoms with Crippen LogP contribution in [-0.2, 0) is 26.4 Å². The number of aromatic nitrogens is 3. The predicted molar refractivity (Wildman–Crippen MR) is 137 cm³/mol. The third-order valence-corrected chi connectivity index (χ3v) is 8.30. The Morgan fingerprint density at radius 1 is 1.08 bits per heavy atom. The van der Waals surface area contributed by atoms with E-state index in [-0.39, 0.29) is 12.2 Å². The van der Waals surface area contributed by atoms with Crippen molar-refractivity contribution in [2.45, 2.75) is 70.5 Å². The molecule has 0 unspecified atom stereocenters. The lowest BCUT2D eigenvalue weighted by atomic mass is 9.78. The lowest BCUT2D eigenvalue weighted by molar-refractivity contribution is -0.134. The smallest absolute Gasteiger partial charge is 0.335 e. The lowest BCUT2D eigenvalue weighted by Gasteiger charge is -2.31. The van der Waals surface area contributed by atoms with Crippen LogP contribution in [0.2, 0.25) is 0 Å². The highest BCUT2D eigenvalue weighted by molar-refractivity contribution is 6.07. The second-order valence-electron chi connectivity index (χ2n) is 10.8. The van der Waals surface area contributed by atoms with Gasteiger partial charge in [0.25, 0.3) is 0 Å². The quantitative estimate of drug-likeness (QED) is 0.333. The van der Waals surface area contributed by atoms with Gasteiger partial charge in [0.05, 0.1) is 17.6 Å². The van der Waals surface area contributed by atoms with Gasteiger partial charge in [-0.15, -0.1) is 0 Å². The van der Waals surface area contributed by atoms with Crippen molar-refractivity contribution in [1.82, 2.24) is 19.4 Å². The third-order valence-electron chi connectivity index (χ3n) is 8.30. The van der Waals surface area contributed by atoms with Crippen LogP contribution in [0.15, 0.2) is 36.5 Å². The Labute approximate surface area is 216 Å². The van der Waals surface area contributed by atoms with E-state index in [2.05, 4.69) is 14.9 Å². The van der Waals surface area contributed by atoms with Gasteiger partial charge in [-0.05, 0) is 49.8 Å². The molecule has 5 nitrogen and oxygen atoms in total. The number of pyridine rings is 1. The molecule has 0 saturated heterocycles. The second-order valence-corrected chi connectivity index (χ2v) is 10.8. The Bertz CT molecular complexity index is 1240. The Morgan fingerprint density at radius 2 is 1.86 bits per heavy atom. The fourth-order valence-electron chi connectivity index (χ4n) is 6.11. The first kappa shape index (κ1) is 25.9. The van der Waals surface area contributed by atoms with E-state index in [4.69, 9.17) is 0 Å². The number of nitrogens with zero attached hydrogens (tertiary/aromatic N) is 4. The SMILES string of the molecule is Cn1c(CCC(F)(F)F)nc2c1CCN(CCC1CCC(CC(=O)c3cccc4ncccc34)CC1)C2. The van der Waals surface area contributed by atoms with E-state index in [1.807, 2.05) is 41.9 Å². The highest BCUT2D eigenvalue weighted by atomic mass is 19.4. The average molecular weight is 513 g/mol. The highest BCUT2D eigenvalue weighted by Gasteiger charge is 2.30. The van der Waals surface area contributed by atoms with Crippen LogP contribution in [-0.4, -0.2) is 44.5 Å². The van der Waals surface area contributed by atoms with Crippen LogP contribution in [0.4, 0.5) is 13.2 Å². The number of imidazole rings is 1. The number of hydrogen-bond acceptors (Lipinski definition) is 4. The molecule has 0 amide bonds. The van der Waals surface area contributed by atoms with Crippen molar-refractivity contribution < 1.29 is 18.0 Å². The zero-order valence-corrected chi connectivity index (χ0v) is 21.4. The molecule has 3 aromatic rings. The molecule has 5 rings (SSSR count). The maximum absolute atomic E-state index is 13.1. The number of rotatable bonds is 8. The molecule has 1 aromatic carbocycles. The number of hydrogen-bond donors (Lipinski definition) is 0. The van der Waals surface area contributed by atoms with Crippen molar-refractivity contribution in [3.8, 4) is 0 Å². The third kappa shape index (κ3) is 6.22. The van der Waals surface area contributed by atoms with E-state index < -0.39 is 12.6 Å². The summed E-state index contributed by atoms with van der Waals surface area (Å²) in [6.45, 7) is 2.64. The molecule has 198 valence electrons. The molecule has 0 bridgehead atoms. The van der Waals surface area contributed by atoms with E-state index in [0.717, 1.165) is 86.0 Å². The zero-order chi connectivity index (χ0) is 26.0. The summed E-state index contributed by atoms with van der Waals surface area (Å²) in [6, 6.07) is 9.64. The van der Waals surface area contributed by atoms with Crippen molar-refractivity contribution in [1.29, 1.82) is 0 Å². The largest absolute Gasteiger partial charge is 0.389 e. The van der Waals surface area contributed by atoms with E-state index in [1.54, 1.807) is 6.20 Å². The molecule has 0 atom stereocenters. The fourth-order valence-corrected chi connectivity index (χ4v) is 6.11. The van der Waals surface area contributed by atoms with Gasteiger partial charge in [0, 0.05) is 62.2 Å². The van der Waals surface area contributed by atoms with Gasteiger partial charge in [0.15, 0.2) is 5.78 Å². The van der Waals surface area contributed by atoms with Crippen LogP contribution in [0, 0.1) is 11.8 Å². The molecule has 1 aliphatic carbocycles. The van der Waals surface area contributed by atoms with Gasteiger partial charge in [0.1, 0.15) is 5.82 Å². The highest BCUT2D eigenvalue weighted by Crippen LogP contribution is 2.34. The van der Waals surface area contributed by atoms with Gasteiger partial charge in [-0.2, -0.15) is 13.2 Å². The molecular formula is C29H35F3N4O. The van der Waals surface area contributed by atoms with Crippen molar-refractivity contribution in [2.75, 3.05) is 13.1 Å². The minimum atomic E-state index is -4.15. The Hall–Kier alpha value is -2.74. The molecule has 0 spiro atoms. The normalized spacial score (nSPS) is 20.8. The van der Waals surface area contributed by atoms with Crippen LogP contribution in [0.5, 0.6) is 0 Å². The summed E-state index contributed by atoms with van der Waals surface area (Å²) >= 11 is 0. The Morgan fingerprint density at radius 3 is 2.65 bits per heavy atom. The lowest BCUT2D eigenvalue weighted by Crippen LogP contribution is -2.33. The van der Waals surface area contributed by atoms with Crippen molar-refractivity contribution in [2.24, 2.45) is 18.9 Å². The maximum Gasteiger partial charge on any atom is 0.389 e. The minimum Gasteiger partial charge on any atom is -0.335 e. The Kier molecular flexibility index (Phi) is 7.65. The number of carbonyl (C=O) groups excluding carboxylic acids is 1. The van der Waals surface area contributed by atoms with Crippen LogP contribution in [0.25, 0.3) is 10.9 Å². The number of alkyl halides is 3. The molecule has 2 aromatic heterocycles. The summed E-state index contributed by atoms with van der Waals surface area (Å²) in [5.41, 5.74) is 3.68. The molecule has 1 aliphatic heterocycles. The standard InChI is InChI=1S/C29H35F3N4O/c1-35-26-13-17-36(19-25(26)34-28(35)11-14-29(30,31)32)16-12-20-7-9-21(10-8-20)18-27(37)23-4-2-6-24-22(23)5-3-15-33-24/h2-6,15,20-21H,7-14,16-19H2,1H3. The Balaban J connectivity index is 1.08. The molecule has 3 heterocycles. The van der Waals surface area contributed by atoms with Crippen LogP contribution >= 0.6 is 0 Å². The van der Waals surface area contributed by atoms with Gasteiger partial charge in [-0.25, -0.2) is 4.98 Å².